The third kappa shape index (κ3) is 3.41. The van der Waals surface area contributed by atoms with E-state index in [2.05, 4.69) is 46.3 Å². The van der Waals surface area contributed by atoms with Crippen LogP contribution in [0.2, 0.25) is 0 Å². The summed E-state index contributed by atoms with van der Waals surface area (Å²) in [7, 11) is 1.88. The van der Waals surface area contributed by atoms with Crippen LogP contribution in [0.4, 0.5) is 0 Å². The van der Waals surface area contributed by atoms with Gasteiger partial charge in [0, 0.05) is 29.2 Å². The Morgan fingerprint density at radius 1 is 1.40 bits per heavy atom. The fraction of sp³-hybridized carbons (Fsp3) is 0.400. The van der Waals surface area contributed by atoms with Crippen molar-refractivity contribution in [1.82, 2.24) is 15.1 Å². The maximum Gasteiger partial charge on any atom is 0.217 e. The summed E-state index contributed by atoms with van der Waals surface area (Å²) < 4.78 is 8.82. The van der Waals surface area contributed by atoms with Gasteiger partial charge in [-0.25, -0.2) is 4.68 Å². The molecule has 0 saturated carbocycles. The van der Waals surface area contributed by atoms with E-state index in [0.717, 1.165) is 33.9 Å². The van der Waals surface area contributed by atoms with E-state index in [1.165, 1.54) is 0 Å². The summed E-state index contributed by atoms with van der Waals surface area (Å²) in [6.45, 7) is 7.10. The van der Waals surface area contributed by atoms with Crippen molar-refractivity contribution in [2.75, 3.05) is 6.54 Å². The van der Waals surface area contributed by atoms with Gasteiger partial charge < -0.3 is 10.1 Å². The van der Waals surface area contributed by atoms with Crippen LogP contribution in [0, 0.1) is 6.92 Å². The van der Waals surface area contributed by atoms with E-state index in [4.69, 9.17) is 4.74 Å². The fourth-order valence-corrected chi connectivity index (χ4v) is 2.54. The molecule has 0 aliphatic rings. The van der Waals surface area contributed by atoms with E-state index in [1.807, 2.05) is 32.2 Å². The predicted molar refractivity (Wildman–Crippen MR) is 84.3 cm³/mol. The van der Waals surface area contributed by atoms with Crippen LogP contribution in [0.1, 0.15) is 31.1 Å². The molecule has 20 heavy (non-hydrogen) atoms. The van der Waals surface area contributed by atoms with Crippen molar-refractivity contribution in [3.8, 4) is 11.6 Å². The molecule has 1 unspecified atom stereocenters. The smallest absolute Gasteiger partial charge is 0.217 e. The molecule has 0 amide bonds. The van der Waals surface area contributed by atoms with Crippen LogP contribution in [-0.2, 0) is 7.05 Å². The molecule has 5 heteroatoms. The van der Waals surface area contributed by atoms with Crippen LogP contribution in [0.15, 0.2) is 28.7 Å². The zero-order valence-corrected chi connectivity index (χ0v) is 13.9. The van der Waals surface area contributed by atoms with E-state index >= 15 is 0 Å². The predicted octanol–water partition coefficient (Wildman–Crippen LogP) is 3.95. The maximum absolute atomic E-state index is 6.02. The zero-order valence-electron chi connectivity index (χ0n) is 12.3. The SMILES string of the molecule is CCNC(C)c1cc(Br)ccc1Oc1cc(C)nn1C. The van der Waals surface area contributed by atoms with Gasteiger partial charge in [0.05, 0.1) is 5.69 Å². The van der Waals surface area contributed by atoms with Gasteiger partial charge in [-0.15, -0.1) is 0 Å². The number of halogens is 1. The first-order valence-corrected chi connectivity index (χ1v) is 7.52. The summed E-state index contributed by atoms with van der Waals surface area (Å²) in [5, 5.41) is 7.71. The van der Waals surface area contributed by atoms with Crippen molar-refractivity contribution < 1.29 is 4.74 Å². The van der Waals surface area contributed by atoms with Crippen LogP contribution in [0.5, 0.6) is 11.6 Å². The number of nitrogens with one attached hydrogen (secondary N) is 1. The van der Waals surface area contributed by atoms with Gasteiger partial charge in [0.15, 0.2) is 0 Å². The highest BCUT2D eigenvalue weighted by Gasteiger charge is 2.14. The van der Waals surface area contributed by atoms with E-state index in [-0.39, 0.29) is 6.04 Å². The largest absolute Gasteiger partial charge is 0.439 e. The minimum absolute atomic E-state index is 0.224. The normalized spacial score (nSPS) is 12.4. The molecule has 0 spiro atoms. The van der Waals surface area contributed by atoms with Crippen molar-refractivity contribution in [2.45, 2.75) is 26.8 Å². The number of ether oxygens (including phenoxy) is 1. The Hall–Kier alpha value is -1.33. The molecule has 1 atom stereocenters. The second-order valence-electron chi connectivity index (χ2n) is 4.81. The summed E-state index contributed by atoms with van der Waals surface area (Å²) in [6, 6.07) is 8.22. The average molecular weight is 338 g/mol. The van der Waals surface area contributed by atoms with E-state index < -0.39 is 0 Å². The van der Waals surface area contributed by atoms with Gasteiger partial charge in [-0.1, -0.05) is 22.9 Å². The molecule has 1 aromatic heterocycles. The first kappa shape index (κ1) is 15.1. The first-order chi connectivity index (χ1) is 9.51. The molecule has 0 fully saturated rings. The highest BCUT2D eigenvalue weighted by atomic mass is 79.9. The Morgan fingerprint density at radius 2 is 2.15 bits per heavy atom. The van der Waals surface area contributed by atoms with Crippen molar-refractivity contribution in [3.05, 3.63) is 40.0 Å². The molecule has 2 rings (SSSR count). The van der Waals surface area contributed by atoms with Gasteiger partial charge in [0.1, 0.15) is 5.75 Å². The molecule has 0 aliphatic heterocycles. The van der Waals surface area contributed by atoms with Crippen molar-refractivity contribution in [1.29, 1.82) is 0 Å². The number of aryl methyl sites for hydroxylation is 2. The quantitative estimate of drug-likeness (QED) is 0.897. The lowest BCUT2D eigenvalue weighted by Crippen LogP contribution is -2.18. The number of hydrogen-bond acceptors (Lipinski definition) is 3. The van der Waals surface area contributed by atoms with Crippen LogP contribution in [0.3, 0.4) is 0 Å². The third-order valence-electron chi connectivity index (χ3n) is 3.12. The van der Waals surface area contributed by atoms with Crippen LogP contribution >= 0.6 is 15.9 Å². The Morgan fingerprint density at radius 3 is 2.75 bits per heavy atom. The van der Waals surface area contributed by atoms with E-state index in [9.17, 15) is 0 Å². The molecular formula is C15H20BrN3O. The molecule has 108 valence electrons. The Balaban J connectivity index is 2.33. The zero-order chi connectivity index (χ0) is 14.7. The molecule has 4 nitrogen and oxygen atoms in total. The molecule has 1 aromatic carbocycles. The summed E-state index contributed by atoms with van der Waals surface area (Å²) >= 11 is 3.52. The number of hydrogen-bond donors (Lipinski definition) is 1. The standard InChI is InChI=1S/C15H20BrN3O/c1-5-17-11(3)13-9-12(16)6-7-14(13)20-15-8-10(2)18-19(15)4/h6-9,11,17H,5H2,1-4H3. The lowest BCUT2D eigenvalue weighted by atomic mass is 10.1. The van der Waals surface area contributed by atoms with Gasteiger partial charge >= 0.3 is 0 Å². The molecular weight excluding hydrogens is 318 g/mol. The van der Waals surface area contributed by atoms with Crippen LogP contribution < -0.4 is 10.1 Å². The summed E-state index contributed by atoms with van der Waals surface area (Å²) in [5.74, 6) is 1.60. The van der Waals surface area contributed by atoms with E-state index in [0.29, 0.717) is 0 Å². The van der Waals surface area contributed by atoms with Crippen LogP contribution in [-0.4, -0.2) is 16.3 Å². The summed E-state index contributed by atoms with van der Waals surface area (Å²) in [4.78, 5) is 0. The molecule has 0 bridgehead atoms. The van der Waals surface area contributed by atoms with Gasteiger partial charge in [0.2, 0.25) is 5.88 Å². The monoisotopic (exact) mass is 337 g/mol. The number of benzene rings is 1. The molecule has 1 heterocycles. The molecule has 0 radical (unpaired) electrons. The molecule has 2 aromatic rings. The van der Waals surface area contributed by atoms with Crippen molar-refractivity contribution in [3.63, 3.8) is 0 Å². The topological polar surface area (TPSA) is 39.1 Å². The highest BCUT2D eigenvalue weighted by molar-refractivity contribution is 9.10. The Kier molecular flexibility index (Phi) is 4.83. The lowest BCUT2D eigenvalue weighted by Gasteiger charge is -2.17. The lowest BCUT2D eigenvalue weighted by molar-refractivity contribution is 0.418. The van der Waals surface area contributed by atoms with Gasteiger partial charge in [-0.3, -0.25) is 0 Å². The summed E-state index contributed by atoms with van der Waals surface area (Å²) in [5.41, 5.74) is 2.07. The fourth-order valence-electron chi connectivity index (χ4n) is 2.16. The molecule has 0 aliphatic carbocycles. The second-order valence-corrected chi connectivity index (χ2v) is 5.73. The van der Waals surface area contributed by atoms with E-state index in [1.54, 1.807) is 4.68 Å². The van der Waals surface area contributed by atoms with Gasteiger partial charge in [-0.05, 0) is 38.6 Å². The Bertz CT molecular complexity index is 595. The average Bonchev–Trinajstić information content (AvgIpc) is 2.70. The number of nitrogens with zero attached hydrogens (tertiary/aromatic N) is 2. The third-order valence-corrected chi connectivity index (χ3v) is 3.62. The number of aromatic nitrogens is 2. The minimum Gasteiger partial charge on any atom is -0.439 e. The van der Waals surface area contributed by atoms with Crippen molar-refractivity contribution in [2.24, 2.45) is 7.05 Å². The van der Waals surface area contributed by atoms with Gasteiger partial charge in [-0.2, -0.15) is 5.10 Å². The van der Waals surface area contributed by atoms with Gasteiger partial charge in [0.25, 0.3) is 0 Å². The van der Waals surface area contributed by atoms with Crippen molar-refractivity contribution >= 4 is 15.9 Å². The van der Waals surface area contributed by atoms with Crippen LogP contribution in [0.25, 0.3) is 0 Å². The highest BCUT2D eigenvalue weighted by Crippen LogP contribution is 2.32. The minimum atomic E-state index is 0.224. The second kappa shape index (κ2) is 6.41. The maximum atomic E-state index is 6.02. The summed E-state index contributed by atoms with van der Waals surface area (Å²) in [6.07, 6.45) is 0. The number of rotatable bonds is 5. The Labute approximate surface area is 128 Å². The molecule has 1 N–H and O–H groups in total. The first-order valence-electron chi connectivity index (χ1n) is 6.72. The molecule has 0 saturated heterocycles.